The number of carbonyl (C=O) groups excluding carboxylic acids is 1. The molecule has 2 N–H and O–H groups in total. The second-order valence-corrected chi connectivity index (χ2v) is 6.69. The lowest BCUT2D eigenvalue weighted by molar-refractivity contribution is 0.0690. The summed E-state index contributed by atoms with van der Waals surface area (Å²) in [5.41, 5.74) is 4.79. The summed E-state index contributed by atoms with van der Waals surface area (Å²) in [4.78, 5) is 27.0. The Bertz CT molecular complexity index is 1130. The van der Waals surface area contributed by atoms with Crippen LogP contribution in [0, 0.1) is 11.8 Å². The molecule has 0 fully saturated rings. The van der Waals surface area contributed by atoms with E-state index in [9.17, 15) is 9.59 Å². The number of benzene rings is 2. The fourth-order valence-corrected chi connectivity index (χ4v) is 3.58. The van der Waals surface area contributed by atoms with Gasteiger partial charge in [0, 0.05) is 12.1 Å². The number of amides is 1. The molecule has 0 saturated carbocycles. The predicted octanol–water partition coefficient (Wildman–Crippen LogP) is 3.67. The number of carbonyl (C=O) groups is 2. The average Bonchev–Trinajstić information content (AvgIpc) is 3.09. The number of nitrogens with zero attached hydrogens (tertiary/aromatic N) is 1. The first-order valence-electron chi connectivity index (χ1n) is 9.41. The van der Waals surface area contributed by atoms with Crippen molar-refractivity contribution in [3.8, 4) is 23.0 Å². The summed E-state index contributed by atoms with van der Waals surface area (Å²) in [6.07, 6.45) is 0.819. The van der Waals surface area contributed by atoms with Gasteiger partial charge in [0.25, 0.3) is 0 Å². The highest BCUT2D eigenvalue weighted by Crippen LogP contribution is 2.44. The van der Waals surface area contributed by atoms with Gasteiger partial charge in [-0.2, -0.15) is 0 Å². The van der Waals surface area contributed by atoms with E-state index >= 15 is 0 Å². The van der Waals surface area contributed by atoms with Crippen molar-refractivity contribution in [1.82, 2.24) is 10.3 Å². The highest BCUT2D eigenvalue weighted by Gasteiger charge is 2.28. The summed E-state index contributed by atoms with van der Waals surface area (Å²) < 4.78 is 5.43. The minimum atomic E-state index is -1.15. The highest BCUT2D eigenvalue weighted by atomic mass is 16.5. The van der Waals surface area contributed by atoms with Crippen LogP contribution in [0.3, 0.4) is 0 Å². The van der Waals surface area contributed by atoms with Gasteiger partial charge in [-0.3, -0.25) is 0 Å². The molecule has 0 bridgehead atoms. The van der Waals surface area contributed by atoms with Gasteiger partial charge in [0.1, 0.15) is 6.61 Å². The summed E-state index contributed by atoms with van der Waals surface area (Å²) in [5, 5.41) is 11.7. The van der Waals surface area contributed by atoms with E-state index in [1.165, 1.54) is 17.3 Å². The highest BCUT2D eigenvalue weighted by molar-refractivity contribution is 5.88. The molecule has 1 aromatic heterocycles. The maximum atomic E-state index is 12.1. The Hall–Kier alpha value is -4.11. The quantitative estimate of drug-likeness (QED) is 0.655. The number of pyridine rings is 1. The third-order valence-corrected chi connectivity index (χ3v) is 4.90. The lowest BCUT2D eigenvalue weighted by Gasteiger charge is -2.14. The summed E-state index contributed by atoms with van der Waals surface area (Å²) >= 11 is 0. The summed E-state index contributed by atoms with van der Waals surface area (Å²) in [6.45, 7) is 0.254. The molecule has 0 radical (unpaired) electrons. The van der Waals surface area contributed by atoms with Gasteiger partial charge in [-0.15, -0.1) is 0 Å². The molecule has 6 heteroatoms. The topological polar surface area (TPSA) is 88.5 Å². The summed E-state index contributed by atoms with van der Waals surface area (Å²) in [5.74, 6) is 4.27. The molecular weight excluding hydrogens is 380 g/mol. The first-order chi connectivity index (χ1) is 14.6. The number of carboxylic acid groups (broad SMARTS) is 1. The van der Waals surface area contributed by atoms with Gasteiger partial charge in [0.15, 0.2) is 5.69 Å². The fourth-order valence-electron chi connectivity index (χ4n) is 3.58. The largest absolute Gasteiger partial charge is 0.476 e. The summed E-state index contributed by atoms with van der Waals surface area (Å²) in [7, 11) is 0. The second-order valence-electron chi connectivity index (χ2n) is 6.69. The molecule has 0 spiro atoms. The number of hydrogen-bond acceptors (Lipinski definition) is 4. The van der Waals surface area contributed by atoms with Gasteiger partial charge in [-0.05, 0) is 34.4 Å². The number of alkyl carbamates (subject to hydrolysis) is 1. The predicted molar refractivity (Wildman–Crippen MR) is 111 cm³/mol. The van der Waals surface area contributed by atoms with Gasteiger partial charge in [0.2, 0.25) is 0 Å². The Morgan fingerprint density at radius 3 is 2.33 bits per heavy atom. The minimum absolute atomic E-state index is 0.0113. The number of aromatic carboxylic acids is 1. The van der Waals surface area contributed by atoms with Crippen molar-refractivity contribution in [2.45, 2.75) is 5.92 Å². The van der Waals surface area contributed by atoms with Gasteiger partial charge in [-0.1, -0.05) is 60.4 Å². The van der Waals surface area contributed by atoms with Gasteiger partial charge in [0.05, 0.1) is 12.1 Å². The maximum Gasteiger partial charge on any atom is 0.407 e. The number of fused-ring (bicyclic) bond motifs is 3. The van der Waals surface area contributed by atoms with Crippen LogP contribution in [0.25, 0.3) is 11.1 Å². The number of nitrogens with one attached hydrogen (secondary N) is 1. The Morgan fingerprint density at radius 2 is 1.67 bits per heavy atom. The van der Waals surface area contributed by atoms with Crippen LogP contribution in [0.15, 0.2) is 66.9 Å². The van der Waals surface area contributed by atoms with Crippen molar-refractivity contribution < 1.29 is 19.4 Å². The van der Waals surface area contributed by atoms with Crippen molar-refractivity contribution >= 4 is 12.1 Å². The second kappa shape index (κ2) is 8.50. The SMILES string of the molecule is O=C(NCC#Cc1cccnc1C(=O)O)OCC1c2ccccc2-c2ccccc21. The molecule has 4 rings (SSSR count). The van der Waals surface area contributed by atoms with Gasteiger partial charge >= 0.3 is 12.1 Å². The van der Waals surface area contributed by atoms with Crippen molar-refractivity contribution in [2.24, 2.45) is 0 Å². The maximum absolute atomic E-state index is 12.1. The first-order valence-corrected chi connectivity index (χ1v) is 9.41. The van der Waals surface area contributed by atoms with Crippen LogP contribution >= 0.6 is 0 Å². The molecule has 0 saturated heterocycles. The number of rotatable bonds is 4. The molecule has 1 amide bonds. The van der Waals surface area contributed by atoms with Crippen molar-refractivity contribution in [3.05, 3.63) is 89.2 Å². The Kier molecular flexibility index (Phi) is 5.44. The molecule has 6 nitrogen and oxygen atoms in total. The molecule has 2 aromatic carbocycles. The molecule has 30 heavy (non-hydrogen) atoms. The monoisotopic (exact) mass is 398 g/mol. The standard InChI is InChI=1S/C24H18N2O4/c27-23(28)22-16(7-5-13-25-22)8-6-14-26-24(29)30-15-21-19-11-3-1-9-17(19)18-10-2-4-12-20(18)21/h1-5,7,9-13,21H,14-15H2,(H,26,29)(H,27,28). The molecular formula is C24H18N2O4. The van der Waals surface area contributed by atoms with Gasteiger partial charge < -0.3 is 15.2 Å². The molecule has 0 atom stereocenters. The van der Waals surface area contributed by atoms with E-state index in [1.54, 1.807) is 12.1 Å². The fraction of sp³-hybridized carbons (Fsp3) is 0.125. The van der Waals surface area contributed by atoms with E-state index in [2.05, 4.69) is 46.4 Å². The van der Waals surface area contributed by atoms with Crippen LogP contribution in [0.4, 0.5) is 4.79 Å². The Labute approximate surface area is 173 Å². The minimum Gasteiger partial charge on any atom is -0.476 e. The first kappa shape index (κ1) is 19.2. The van der Waals surface area contributed by atoms with E-state index in [4.69, 9.17) is 9.84 Å². The molecule has 148 valence electrons. The zero-order valence-corrected chi connectivity index (χ0v) is 16.0. The van der Waals surface area contributed by atoms with E-state index in [0.717, 1.165) is 11.1 Å². The smallest absolute Gasteiger partial charge is 0.407 e. The number of ether oxygens (including phenoxy) is 1. The Balaban J connectivity index is 1.36. The molecule has 1 aliphatic carbocycles. The van der Waals surface area contributed by atoms with E-state index < -0.39 is 12.1 Å². The van der Waals surface area contributed by atoms with Crippen LogP contribution in [0.5, 0.6) is 0 Å². The van der Waals surface area contributed by atoms with Crippen molar-refractivity contribution in [1.29, 1.82) is 0 Å². The van der Waals surface area contributed by atoms with Crippen LogP contribution in [-0.2, 0) is 4.74 Å². The van der Waals surface area contributed by atoms with Crippen LogP contribution in [0.1, 0.15) is 33.1 Å². The number of carboxylic acids is 1. The zero-order chi connectivity index (χ0) is 20.9. The van der Waals surface area contributed by atoms with Crippen molar-refractivity contribution in [2.75, 3.05) is 13.2 Å². The van der Waals surface area contributed by atoms with Crippen LogP contribution in [0.2, 0.25) is 0 Å². The molecule has 1 aliphatic rings. The van der Waals surface area contributed by atoms with E-state index in [-0.39, 0.29) is 24.8 Å². The molecule has 0 aliphatic heterocycles. The van der Waals surface area contributed by atoms with Gasteiger partial charge in [-0.25, -0.2) is 14.6 Å². The van der Waals surface area contributed by atoms with E-state index in [0.29, 0.717) is 5.56 Å². The zero-order valence-electron chi connectivity index (χ0n) is 16.0. The number of hydrogen-bond donors (Lipinski definition) is 2. The average molecular weight is 398 g/mol. The Morgan fingerprint density at radius 1 is 1.00 bits per heavy atom. The summed E-state index contributed by atoms with van der Waals surface area (Å²) in [6, 6.07) is 19.4. The van der Waals surface area contributed by atoms with Crippen LogP contribution in [-0.4, -0.2) is 35.3 Å². The number of aromatic nitrogens is 1. The third kappa shape index (κ3) is 3.87. The molecule has 3 aromatic rings. The third-order valence-electron chi connectivity index (χ3n) is 4.90. The van der Waals surface area contributed by atoms with Crippen molar-refractivity contribution in [3.63, 3.8) is 0 Å². The van der Waals surface area contributed by atoms with E-state index in [1.807, 2.05) is 24.3 Å². The molecule has 1 heterocycles. The normalized spacial score (nSPS) is 11.6. The lowest BCUT2D eigenvalue weighted by atomic mass is 9.98. The molecule has 0 unspecified atom stereocenters. The lowest BCUT2D eigenvalue weighted by Crippen LogP contribution is -2.26. The van der Waals surface area contributed by atoms with Crippen LogP contribution < -0.4 is 5.32 Å².